The number of ketones is 1. The van der Waals surface area contributed by atoms with Crippen molar-refractivity contribution >= 4 is 44.9 Å². The van der Waals surface area contributed by atoms with Crippen LogP contribution < -0.4 is 0 Å². The molecule has 0 fully saturated rings. The average molecular weight is 280 g/mol. The number of benzene rings is 1. The number of halogens is 3. The second-order valence-electron chi connectivity index (χ2n) is 2.93. The number of Topliss-reactive ketones (excluding diaryl/α,β-unsaturated/α-hetero) is 1. The van der Waals surface area contributed by atoms with Gasteiger partial charge in [0, 0.05) is 5.56 Å². The van der Waals surface area contributed by atoms with Crippen molar-refractivity contribution in [3.63, 3.8) is 0 Å². The third-order valence-corrected chi connectivity index (χ3v) is 3.66. The van der Waals surface area contributed by atoms with E-state index >= 15 is 0 Å². The Morgan fingerprint density at radius 2 is 2.08 bits per heavy atom. The highest BCUT2D eigenvalue weighted by Gasteiger charge is 2.31. The van der Waals surface area contributed by atoms with Crippen LogP contribution in [0.15, 0.2) is 12.1 Å². The lowest BCUT2D eigenvalue weighted by molar-refractivity contribution is 0.100. The molecule has 0 spiro atoms. The van der Waals surface area contributed by atoms with E-state index in [0.29, 0.717) is 22.0 Å². The normalized spacial score (nSPS) is 20.5. The van der Waals surface area contributed by atoms with Crippen LogP contribution in [0.4, 0.5) is 0 Å². The fourth-order valence-electron chi connectivity index (χ4n) is 1.47. The van der Waals surface area contributed by atoms with Crippen molar-refractivity contribution in [1.29, 1.82) is 0 Å². The Bertz CT molecular complexity index is 389. The molecule has 68 valence electrons. The van der Waals surface area contributed by atoms with Crippen LogP contribution in [-0.4, -0.2) is 10.6 Å². The summed E-state index contributed by atoms with van der Waals surface area (Å²) in [7, 11) is 0. The monoisotopic (exact) mass is 278 g/mol. The van der Waals surface area contributed by atoms with E-state index in [4.69, 9.17) is 23.2 Å². The minimum absolute atomic E-state index is 0.0301. The van der Waals surface area contributed by atoms with Gasteiger partial charge in [-0.1, -0.05) is 45.2 Å². The minimum atomic E-state index is -0.140. The Hall–Kier alpha value is -0.0500. The van der Waals surface area contributed by atoms with Crippen LogP contribution in [0, 0.1) is 0 Å². The van der Waals surface area contributed by atoms with Crippen LogP contribution in [0.3, 0.4) is 0 Å². The number of hydrogen-bond acceptors (Lipinski definition) is 1. The van der Waals surface area contributed by atoms with Crippen LogP contribution in [0.1, 0.15) is 15.9 Å². The zero-order valence-electron chi connectivity index (χ0n) is 6.48. The quantitative estimate of drug-likeness (QED) is 0.665. The summed E-state index contributed by atoms with van der Waals surface area (Å²) in [5.74, 6) is 0.0301. The summed E-state index contributed by atoms with van der Waals surface area (Å²) in [6, 6.07) is 3.57. The lowest BCUT2D eigenvalue weighted by atomic mass is 10.1. The van der Waals surface area contributed by atoms with Gasteiger partial charge in [-0.15, -0.1) is 0 Å². The van der Waals surface area contributed by atoms with Gasteiger partial charge in [0.15, 0.2) is 5.78 Å². The molecule has 13 heavy (non-hydrogen) atoms. The van der Waals surface area contributed by atoms with Gasteiger partial charge in [0.05, 0.1) is 14.9 Å². The second kappa shape index (κ2) is 3.26. The summed E-state index contributed by atoms with van der Waals surface area (Å²) in [6.07, 6.45) is 0.699. The van der Waals surface area contributed by atoms with Crippen molar-refractivity contribution in [3.8, 4) is 0 Å². The first kappa shape index (κ1) is 9.50. The number of carbonyl (C=O) groups is 1. The molecule has 1 atom stereocenters. The van der Waals surface area contributed by atoms with Gasteiger partial charge in [-0.25, -0.2) is 0 Å². The predicted octanol–water partition coefficient (Wildman–Crippen LogP) is 3.50. The maximum Gasteiger partial charge on any atom is 0.178 e. The molecule has 1 nitrogen and oxygen atoms in total. The van der Waals surface area contributed by atoms with Crippen LogP contribution in [-0.2, 0) is 6.42 Å². The van der Waals surface area contributed by atoms with Crippen LogP contribution in [0.2, 0.25) is 10.0 Å². The molecule has 1 aromatic rings. The predicted molar refractivity (Wildman–Crippen MR) is 57.2 cm³/mol. The highest BCUT2D eigenvalue weighted by molar-refractivity contribution is 9.10. The van der Waals surface area contributed by atoms with E-state index in [1.54, 1.807) is 6.07 Å². The average Bonchev–Trinajstić information content (AvgIpc) is 2.37. The molecule has 1 aliphatic rings. The Morgan fingerprint density at radius 3 is 2.77 bits per heavy atom. The molecule has 2 rings (SSSR count). The van der Waals surface area contributed by atoms with Gasteiger partial charge in [-0.3, -0.25) is 4.79 Å². The smallest absolute Gasteiger partial charge is 0.178 e. The molecule has 0 saturated carbocycles. The molecule has 1 aromatic carbocycles. The molecular weight excluding hydrogens is 275 g/mol. The lowest BCUT2D eigenvalue weighted by Gasteiger charge is -2.01. The van der Waals surface area contributed by atoms with E-state index in [-0.39, 0.29) is 10.6 Å². The van der Waals surface area contributed by atoms with E-state index < -0.39 is 0 Å². The van der Waals surface area contributed by atoms with E-state index in [1.807, 2.05) is 6.07 Å². The van der Waals surface area contributed by atoms with Crippen LogP contribution in [0.5, 0.6) is 0 Å². The molecule has 0 amide bonds. The van der Waals surface area contributed by atoms with E-state index in [1.165, 1.54) is 0 Å². The van der Waals surface area contributed by atoms with Crippen molar-refractivity contribution in [1.82, 2.24) is 0 Å². The van der Waals surface area contributed by atoms with Gasteiger partial charge in [-0.05, 0) is 18.1 Å². The molecule has 0 aliphatic heterocycles. The first-order valence-electron chi connectivity index (χ1n) is 3.76. The molecule has 0 bridgehead atoms. The topological polar surface area (TPSA) is 17.1 Å². The molecule has 0 aromatic heterocycles. The Balaban J connectivity index is 2.66. The molecule has 1 aliphatic carbocycles. The van der Waals surface area contributed by atoms with Gasteiger partial charge in [-0.2, -0.15) is 0 Å². The Morgan fingerprint density at radius 1 is 1.38 bits per heavy atom. The molecule has 4 heteroatoms. The zero-order chi connectivity index (χ0) is 9.59. The molecule has 0 heterocycles. The largest absolute Gasteiger partial charge is 0.293 e. The standard InChI is InChI=1S/C9H5BrCl2O/c10-5-3-4-1-2-6(11)8(12)7(4)9(5)13/h1-2,5H,3H2. The summed E-state index contributed by atoms with van der Waals surface area (Å²) in [4.78, 5) is 11.4. The zero-order valence-corrected chi connectivity index (χ0v) is 9.58. The van der Waals surface area contributed by atoms with Crippen molar-refractivity contribution in [3.05, 3.63) is 33.3 Å². The molecular formula is C9H5BrCl2O. The molecule has 0 radical (unpaired) electrons. The van der Waals surface area contributed by atoms with Gasteiger partial charge in [0.1, 0.15) is 0 Å². The maximum atomic E-state index is 11.6. The fourth-order valence-corrected chi connectivity index (χ4v) is 2.48. The first-order chi connectivity index (χ1) is 6.11. The highest BCUT2D eigenvalue weighted by Crippen LogP contribution is 2.36. The van der Waals surface area contributed by atoms with Crippen molar-refractivity contribution < 1.29 is 4.79 Å². The summed E-state index contributed by atoms with van der Waals surface area (Å²) in [6.45, 7) is 0. The van der Waals surface area contributed by atoms with Gasteiger partial charge in [0.2, 0.25) is 0 Å². The third kappa shape index (κ3) is 1.41. The Kier molecular flexibility index (Phi) is 2.39. The third-order valence-electron chi connectivity index (χ3n) is 2.11. The Labute approximate surface area is 94.2 Å². The lowest BCUT2D eigenvalue weighted by Crippen LogP contribution is -2.06. The van der Waals surface area contributed by atoms with Gasteiger partial charge >= 0.3 is 0 Å². The minimum Gasteiger partial charge on any atom is -0.293 e. The highest BCUT2D eigenvalue weighted by atomic mass is 79.9. The van der Waals surface area contributed by atoms with E-state index in [0.717, 1.165) is 5.56 Å². The number of rotatable bonds is 0. The van der Waals surface area contributed by atoms with Crippen molar-refractivity contribution in [2.24, 2.45) is 0 Å². The summed E-state index contributed by atoms with van der Waals surface area (Å²) >= 11 is 15.0. The summed E-state index contributed by atoms with van der Waals surface area (Å²) < 4.78 is 0. The maximum absolute atomic E-state index is 11.6. The molecule has 0 N–H and O–H groups in total. The molecule has 0 saturated heterocycles. The first-order valence-corrected chi connectivity index (χ1v) is 5.43. The van der Waals surface area contributed by atoms with Crippen LogP contribution >= 0.6 is 39.1 Å². The van der Waals surface area contributed by atoms with Gasteiger partial charge in [0.25, 0.3) is 0 Å². The number of alkyl halides is 1. The number of fused-ring (bicyclic) bond motifs is 1. The van der Waals surface area contributed by atoms with E-state index in [2.05, 4.69) is 15.9 Å². The van der Waals surface area contributed by atoms with Crippen LogP contribution in [0.25, 0.3) is 0 Å². The van der Waals surface area contributed by atoms with Crippen molar-refractivity contribution in [2.45, 2.75) is 11.2 Å². The summed E-state index contributed by atoms with van der Waals surface area (Å²) in [5, 5.41) is 0.821. The molecule has 1 unspecified atom stereocenters. The number of hydrogen-bond donors (Lipinski definition) is 0. The fraction of sp³-hybridized carbons (Fsp3) is 0.222. The second-order valence-corrected chi connectivity index (χ2v) is 4.82. The summed E-state index contributed by atoms with van der Waals surface area (Å²) in [5.41, 5.74) is 1.55. The number of carbonyl (C=O) groups excluding carboxylic acids is 1. The van der Waals surface area contributed by atoms with Crippen molar-refractivity contribution in [2.75, 3.05) is 0 Å². The van der Waals surface area contributed by atoms with E-state index in [9.17, 15) is 4.79 Å². The van der Waals surface area contributed by atoms with Gasteiger partial charge < -0.3 is 0 Å². The SMILES string of the molecule is O=C1c2c(ccc(Cl)c2Cl)CC1Br.